The molecule has 0 unspecified atom stereocenters. The molecule has 0 atom stereocenters. The van der Waals surface area contributed by atoms with E-state index in [2.05, 4.69) is 98.5 Å². The van der Waals surface area contributed by atoms with Gasteiger partial charge in [-0.05, 0) is 55.5 Å². The number of allylic oxidation sites excluding steroid dienone is 2. The van der Waals surface area contributed by atoms with Crippen LogP contribution in [0.3, 0.4) is 0 Å². The summed E-state index contributed by atoms with van der Waals surface area (Å²) < 4.78 is 0. The van der Waals surface area contributed by atoms with E-state index in [1.165, 1.54) is 41.6 Å². The first-order valence-electron chi connectivity index (χ1n) is 9.55. The van der Waals surface area contributed by atoms with Crippen molar-refractivity contribution < 1.29 is 0 Å². The van der Waals surface area contributed by atoms with Gasteiger partial charge in [-0.1, -0.05) is 74.0 Å². The number of hydrogen-bond acceptors (Lipinski definition) is 1. The van der Waals surface area contributed by atoms with Crippen LogP contribution < -0.4 is 4.90 Å². The Morgan fingerprint density at radius 1 is 0.720 bits per heavy atom. The quantitative estimate of drug-likeness (QED) is 0.467. The summed E-state index contributed by atoms with van der Waals surface area (Å²) >= 11 is 0. The lowest BCUT2D eigenvalue weighted by Crippen LogP contribution is -2.21. The minimum absolute atomic E-state index is 1.05. The minimum Gasteiger partial charge on any atom is -0.372 e. The molecule has 0 heterocycles. The minimum atomic E-state index is 1.05. The zero-order chi connectivity index (χ0) is 17.9. The van der Waals surface area contributed by atoms with Gasteiger partial charge >= 0.3 is 0 Å². The van der Waals surface area contributed by atoms with E-state index in [9.17, 15) is 0 Å². The molecule has 2 aromatic carbocycles. The first kappa shape index (κ1) is 19.1. The van der Waals surface area contributed by atoms with E-state index in [0.29, 0.717) is 0 Å². The number of hydrogen-bond donors (Lipinski definition) is 0. The van der Waals surface area contributed by atoms with Crippen molar-refractivity contribution in [1.29, 1.82) is 0 Å². The molecule has 0 N–H and O–H groups in total. The van der Waals surface area contributed by atoms with Crippen LogP contribution in [0.15, 0.2) is 60.7 Å². The van der Waals surface area contributed by atoms with E-state index < -0.39 is 0 Å². The van der Waals surface area contributed by atoms with Crippen LogP contribution in [-0.2, 0) is 6.42 Å². The molecule has 0 saturated heterocycles. The van der Waals surface area contributed by atoms with Crippen LogP contribution in [0, 0.1) is 0 Å². The predicted molar refractivity (Wildman–Crippen MR) is 113 cm³/mol. The molecule has 0 radical (unpaired) electrons. The number of aryl methyl sites for hydroxylation is 1. The molecule has 1 heteroatoms. The van der Waals surface area contributed by atoms with Gasteiger partial charge in [0.2, 0.25) is 0 Å². The number of nitrogens with zero attached hydrogens (tertiary/aromatic N) is 1. The average molecular weight is 334 g/mol. The van der Waals surface area contributed by atoms with Gasteiger partial charge < -0.3 is 4.90 Å². The molecule has 2 rings (SSSR count). The maximum Gasteiger partial charge on any atom is 0.0366 e. The van der Waals surface area contributed by atoms with E-state index in [-0.39, 0.29) is 0 Å². The molecule has 0 aliphatic heterocycles. The van der Waals surface area contributed by atoms with Crippen molar-refractivity contribution in [1.82, 2.24) is 0 Å². The molecule has 0 spiro atoms. The monoisotopic (exact) mass is 333 g/mol. The summed E-state index contributed by atoms with van der Waals surface area (Å²) in [7, 11) is 0. The Hall–Kier alpha value is -2.28. The molecule has 0 amide bonds. The fourth-order valence-electron chi connectivity index (χ4n) is 2.89. The van der Waals surface area contributed by atoms with E-state index >= 15 is 0 Å². The van der Waals surface area contributed by atoms with Crippen molar-refractivity contribution in [3.8, 4) is 0 Å². The summed E-state index contributed by atoms with van der Waals surface area (Å²) in [6, 6.07) is 17.6. The summed E-state index contributed by atoms with van der Waals surface area (Å²) in [5.41, 5.74) is 5.21. The molecule has 0 fully saturated rings. The second kappa shape index (κ2) is 10.6. The fraction of sp³-hybridized carbons (Fsp3) is 0.333. The Bertz CT molecular complexity index is 658. The van der Waals surface area contributed by atoms with E-state index in [1.54, 1.807) is 0 Å². The van der Waals surface area contributed by atoms with Gasteiger partial charge in [0.1, 0.15) is 0 Å². The fourth-order valence-corrected chi connectivity index (χ4v) is 2.89. The van der Waals surface area contributed by atoms with Gasteiger partial charge in [0.25, 0.3) is 0 Å². The first-order chi connectivity index (χ1) is 12.3. The molecule has 2 aromatic rings. The summed E-state index contributed by atoms with van der Waals surface area (Å²) in [4.78, 5) is 2.36. The van der Waals surface area contributed by atoms with Crippen molar-refractivity contribution >= 4 is 17.8 Å². The van der Waals surface area contributed by atoms with Gasteiger partial charge in [-0.3, -0.25) is 0 Å². The lowest BCUT2D eigenvalue weighted by atomic mass is 10.1. The van der Waals surface area contributed by atoms with Gasteiger partial charge in [0.15, 0.2) is 0 Å². The van der Waals surface area contributed by atoms with Crippen molar-refractivity contribution in [3.05, 3.63) is 77.4 Å². The highest BCUT2D eigenvalue weighted by molar-refractivity contribution is 5.59. The Morgan fingerprint density at radius 3 is 1.72 bits per heavy atom. The van der Waals surface area contributed by atoms with Gasteiger partial charge in [-0.25, -0.2) is 0 Å². The Balaban J connectivity index is 1.90. The molecule has 0 aliphatic rings. The summed E-state index contributed by atoms with van der Waals surface area (Å²) in [6.45, 7) is 8.72. The zero-order valence-electron chi connectivity index (χ0n) is 15.9. The molecular weight excluding hydrogens is 302 g/mol. The van der Waals surface area contributed by atoms with Crippen LogP contribution in [0.4, 0.5) is 5.69 Å². The normalized spacial score (nSPS) is 11.5. The van der Waals surface area contributed by atoms with Gasteiger partial charge in [-0.15, -0.1) is 0 Å². The highest BCUT2D eigenvalue weighted by atomic mass is 15.1. The van der Waals surface area contributed by atoms with Crippen LogP contribution in [0.25, 0.3) is 12.2 Å². The smallest absolute Gasteiger partial charge is 0.0366 e. The average Bonchev–Trinajstić information content (AvgIpc) is 2.66. The predicted octanol–water partition coefficient (Wildman–Crippen LogP) is 6.60. The summed E-state index contributed by atoms with van der Waals surface area (Å²) in [6.07, 6.45) is 12.2. The van der Waals surface area contributed by atoms with Crippen molar-refractivity contribution in [2.24, 2.45) is 0 Å². The Labute approximate surface area is 153 Å². The number of anilines is 1. The molecule has 1 nitrogen and oxygen atoms in total. The standard InChI is InChI=1S/C24H31N/c1-4-7-10-21-13-15-22(16-14-21)11-8-9-12-23-17-19-24(20-18-23)25(5-2)6-3/h8-9,11-20H,4-7,10H2,1-3H3/b11-8+,12-9+. The van der Waals surface area contributed by atoms with Gasteiger partial charge in [0.05, 0.1) is 0 Å². The van der Waals surface area contributed by atoms with Crippen molar-refractivity contribution in [2.45, 2.75) is 40.0 Å². The highest BCUT2D eigenvalue weighted by Gasteiger charge is 1.99. The molecular formula is C24H31N. The lowest BCUT2D eigenvalue weighted by molar-refractivity contribution is 0.795. The third kappa shape index (κ3) is 6.26. The number of benzene rings is 2. The first-order valence-corrected chi connectivity index (χ1v) is 9.55. The molecule has 0 aliphatic carbocycles. The molecule has 0 aromatic heterocycles. The van der Waals surface area contributed by atoms with Crippen LogP contribution in [0.5, 0.6) is 0 Å². The van der Waals surface area contributed by atoms with Crippen molar-refractivity contribution in [3.63, 3.8) is 0 Å². The second-order valence-electron chi connectivity index (χ2n) is 6.33. The molecule has 132 valence electrons. The SMILES string of the molecule is CCCCc1ccc(/C=C/C=C/c2ccc(N(CC)CC)cc2)cc1. The Kier molecular flexibility index (Phi) is 8.04. The lowest BCUT2D eigenvalue weighted by Gasteiger charge is -2.20. The number of unbranched alkanes of at least 4 members (excludes halogenated alkanes) is 1. The maximum absolute atomic E-state index is 2.36. The summed E-state index contributed by atoms with van der Waals surface area (Å²) in [5, 5.41) is 0. The van der Waals surface area contributed by atoms with E-state index in [1.807, 2.05) is 0 Å². The van der Waals surface area contributed by atoms with Crippen LogP contribution >= 0.6 is 0 Å². The van der Waals surface area contributed by atoms with Crippen LogP contribution in [-0.4, -0.2) is 13.1 Å². The highest BCUT2D eigenvalue weighted by Crippen LogP contribution is 2.16. The Morgan fingerprint density at radius 2 is 1.24 bits per heavy atom. The number of rotatable bonds is 9. The van der Waals surface area contributed by atoms with Crippen molar-refractivity contribution in [2.75, 3.05) is 18.0 Å². The zero-order valence-corrected chi connectivity index (χ0v) is 15.9. The van der Waals surface area contributed by atoms with Crippen LogP contribution in [0.1, 0.15) is 50.3 Å². The van der Waals surface area contributed by atoms with E-state index in [4.69, 9.17) is 0 Å². The van der Waals surface area contributed by atoms with Gasteiger partial charge in [0, 0.05) is 18.8 Å². The third-order valence-electron chi connectivity index (χ3n) is 4.51. The van der Waals surface area contributed by atoms with E-state index in [0.717, 1.165) is 13.1 Å². The largest absolute Gasteiger partial charge is 0.372 e. The van der Waals surface area contributed by atoms with Gasteiger partial charge in [-0.2, -0.15) is 0 Å². The summed E-state index contributed by atoms with van der Waals surface area (Å²) in [5.74, 6) is 0. The molecule has 0 bridgehead atoms. The van der Waals surface area contributed by atoms with Crippen LogP contribution in [0.2, 0.25) is 0 Å². The third-order valence-corrected chi connectivity index (χ3v) is 4.51. The second-order valence-corrected chi connectivity index (χ2v) is 6.33. The molecule has 25 heavy (non-hydrogen) atoms. The maximum atomic E-state index is 2.36. The topological polar surface area (TPSA) is 3.24 Å². The molecule has 0 saturated carbocycles.